The number of piperidine rings is 1. The molecule has 2 aliphatic heterocycles. The van der Waals surface area contributed by atoms with Gasteiger partial charge in [-0.15, -0.1) is 11.3 Å². The molecule has 5 N–H and O–H groups in total. The van der Waals surface area contributed by atoms with Gasteiger partial charge in [0.2, 0.25) is 23.6 Å². The van der Waals surface area contributed by atoms with E-state index < -0.39 is 66.8 Å². The number of nitrogens with one attached hydrogen (secondary N) is 2. The molecule has 0 spiro atoms. The number of phosphoric ester groups is 1. The van der Waals surface area contributed by atoms with E-state index in [9.17, 15) is 57.8 Å². The van der Waals surface area contributed by atoms with Crippen molar-refractivity contribution in [1.29, 1.82) is 0 Å². The number of aliphatic carboxylic acids is 1. The number of thiazole rings is 1. The number of Topliss-reactive ketones (excluding diaryl/α,β-unsaturated/α-hetero) is 1. The van der Waals surface area contributed by atoms with E-state index in [1.165, 1.54) is 54.1 Å². The Bertz CT molecular complexity index is 2310. The summed E-state index contributed by atoms with van der Waals surface area (Å²) < 4.78 is 22.6. The number of carbonyl (C=O) groups is 8. The lowest BCUT2D eigenvalue weighted by molar-refractivity contribution is -0.150. The van der Waals surface area contributed by atoms with Gasteiger partial charge in [0.25, 0.3) is 5.91 Å². The molecule has 1 aromatic heterocycles. The van der Waals surface area contributed by atoms with Gasteiger partial charge in [0, 0.05) is 69.6 Å². The molecule has 0 radical (unpaired) electrons. The number of hydrogen-bond donors (Lipinski definition) is 5. The number of anilines is 1. The van der Waals surface area contributed by atoms with E-state index in [1.807, 2.05) is 34.7 Å². The second-order valence-corrected chi connectivity index (χ2v) is 22.5. The Hall–Kier alpha value is -4.73. The van der Waals surface area contributed by atoms with Crippen LogP contribution in [0.4, 0.5) is 5.69 Å². The Labute approximate surface area is 430 Å². The smallest absolute Gasteiger partial charge is 0.481 e. The fourth-order valence-electron chi connectivity index (χ4n) is 9.23. The van der Waals surface area contributed by atoms with Crippen LogP contribution in [-0.2, 0) is 49.3 Å². The number of esters is 1. The van der Waals surface area contributed by atoms with Gasteiger partial charge < -0.3 is 29.9 Å². The van der Waals surface area contributed by atoms with E-state index in [4.69, 9.17) is 9.26 Å². The number of carbonyl (C=O) groups excluding carboxylic acids is 7. The van der Waals surface area contributed by atoms with E-state index in [2.05, 4.69) is 20.5 Å². The number of likely N-dealkylation sites (N-methyl/N-ethyl adjacent to an activating group) is 1. The van der Waals surface area contributed by atoms with Crippen molar-refractivity contribution in [3.05, 3.63) is 39.8 Å². The fourth-order valence-corrected chi connectivity index (χ4v) is 11.1. The summed E-state index contributed by atoms with van der Waals surface area (Å²) in [4.78, 5) is 133. The number of benzene rings is 1. The number of aromatic nitrogens is 1. The number of imide groups is 1. The van der Waals surface area contributed by atoms with Crippen molar-refractivity contribution in [2.45, 2.75) is 148 Å². The van der Waals surface area contributed by atoms with Crippen molar-refractivity contribution < 1.29 is 67.1 Å². The lowest BCUT2D eigenvalue weighted by Crippen LogP contribution is -2.48. The van der Waals surface area contributed by atoms with Crippen molar-refractivity contribution in [3.8, 4) is 5.75 Å². The molecule has 2 saturated heterocycles. The van der Waals surface area contributed by atoms with E-state index in [0.717, 1.165) is 37.1 Å². The molecule has 0 bridgehead atoms. The van der Waals surface area contributed by atoms with Gasteiger partial charge in [0.1, 0.15) is 10.7 Å². The Morgan fingerprint density at radius 1 is 1.06 bits per heavy atom. The summed E-state index contributed by atoms with van der Waals surface area (Å²) in [5.41, 5.74) is 0.275. The predicted octanol–water partition coefficient (Wildman–Crippen LogP) is 6.25. The number of thioether (sulfide) groups is 1. The molecule has 2 unspecified atom stereocenters. The van der Waals surface area contributed by atoms with Crippen LogP contribution in [0.3, 0.4) is 0 Å². The Morgan fingerprint density at radius 2 is 1.76 bits per heavy atom. The first kappa shape index (κ1) is 59.8. The number of ether oxygens (including phenoxy) is 1. The molecular weight excluding hydrogens is 992 g/mol. The van der Waals surface area contributed by atoms with Crippen molar-refractivity contribution in [2.24, 2.45) is 23.7 Å². The zero-order chi connectivity index (χ0) is 53.6. The van der Waals surface area contributed by atoms with Crippen LogP contribution in [0.1, 0.15) is 139 Å². The third kappa shape index (κ3) is 17.5. The van der Waals surface area contributed by atoms with Gasteiger partial charge in [-0.25, -0.2) is 9.55 Å². The number of rotatable bonds is 28. The molecule has 72 heavy (non-hydrogen) atoms. The number of hydrogen-bond acceptors (Lipinski definition) is 15. The van der Waals surface area contributed by atoms with Crippen molar-refractivity contribution in [1.82, 2.24) is 25.0 Å². The van der Waals surface area contributed by atoms with Gasteiger partial charge in [-0.05, 0) is 87.9 Å². The van der Waals surface area contributed by atoms with E-state index in [-0.39, 0.29) is 115 Å². The summed E-state index contributed by atoms with van der Waals surface area (Å²) in [5, 5.41) is 16.7. The lowest BCUT2D eigenvalue weighted by atomic mass is 9.83. The second kappa shape index (κ2) is 27.5. The average Bonchev–Trinajstić information content (AvgIpc) is 3.91. The van der Waals surface area contributed by atoms with Crippen LogP contribution in [0.2, 0.25) is 0 Å². The van der Waals surface area contributed by atoms with Crippen molar-refractivity contribution >= 4 is 83.9 Å². The van der Waals surface area contributed by atoms with Gasteiger partial charge in [-0.3, -0.25) is 57.9 Å². The van der Waals surface area contributed by atoms with E-state index >= 15 is 0 Å². The molecule has 2 fully saturated rings. The van der Waals surface area contributed by atoms with Crippen LogP contribution >= 0.6 is 30.9 Å². The van der Waals surface area contributed by atoms with Crippen LogP contribution in [0, 0.1) is 23.7 Å². The van der Waals surface area contributed by atoms with Gasteiger partial charge in [0.05, 0.1) is 22.9 Å². The lowest BCUT2D eigenvalue weighted by Gasteiger charge is -2.37. The van der Waals surface area contributed by atoms with Gasteiger partial charge in [-0.2, -0.15) is 11.8 Å². The minimum atomic E-state index is -5.11. The number of amides is 5. The summed E-state index contributed by atoms with van der Waals surface area (Å²) in [6, 6.07) is 2.52. The monoisotopic (exact) mass is 1060 g/mol. The number of likely N-dealkylation sites (tertiary alicyclic amines) is 2. The SMILES string of the molecule is CC[C@H](C)[C@H](CC(=O)[C@H]1CCCCN1C)C(=O)N(C)[C@H](C[C@@H](OC(C)=O)c1nc(C(=O)N[C@@H](Cc2ccc(OP(=O)(O)O)c(NC(=O)CCCCN3C(=O)CC(SC)C3=O)c2)CC(C)C(=O)O)cs1)C(C)C. The highest BCUT2D eigenvalue weighted by Gasteiger charge is 2.39. The molecule has 5 amide bonds. The molecule has 0 aliphatic carbocycles. The number of carboxylic acids is 1. The maximum Gasteiger partial charge on any atom is 0.524 e. The minimum Gasteiger partial charge on any atom is -0.481 e. The molecule has 20 nitrogen and oxygen atoms in total. The van der Waals surface area contributed by atoms with Crippen LogP contribution in [0.25, 0.3) is 0 Å². The van der Waals surface area contributed by atoms with Crippen molar-refractivity contribution in [2.75, 3.05) is 38.8 Å². The molecular formula is C49H73N6O14PS2. The highest BCUT2D eigenvalue weighted by atomic mass is 32.2. The summed E-state index contributed by atoms with van der Waals surface area (Å²) in [6.45, 7) is 11.6. The zero-order valence-corrected chi connectivity index (χ0v) is 45.3. The predicted molar refractivity (Wildman–Crippen MR) is 272 cm³/mol. The Balaban J connectivity index is 1.52. The summed E-state index contributed by atoms with van der Waals surface area (Å²) >= 11 is 2.37. The molecule has 4 rings (SSSR count). The molecule has 8 atom stereocenters. The topological polar surface area (TPSA) is 279 Å². The molecule has 1 aromatic carbocycles. The first-order chi connectivity index (χ1) is 33.8. The van der Waals surface area contributed by atoms with Crippen LogP contribution in [-0.4, -0.2) is 139 Å². The maximum atomic E-state index is 14.4. The van der Waals surface area contributed by atoms with E-state index in [1.54, 1.807) is 18.2 Å². The molecule has 400 valence electrons. The molecule has 0 saturated carbocycles. The number of nitrogens with zero attached hydrogens (tertiary/aromatic N) is 4. The average molecular weight is 1070 g/mol. The Morgan fingerprint density at radius 3 is 2.36 bits per heavy atom. The second-order valence-electron chi connectivity index (χ2n) is 19.4. The summed E-state index contributed by atoms with van der Waals surface area (Å²) in [5.74, 6) is -5.68. The number of ketones is 1. The quantitative estimate of drug-likeness (QED) is 0.0273. The highest BCUT2D eigenvalue weighted by molar-refractivity contribution is 8.00. The number of carboxylic acid groups (broad SMARTS) is 1. The summed E-state index contributed by atoms with van der Waals surface area (Å²) in [7, 11) is -1.46. The minimum absolute atomic E-state index is 0.0125. The van der Waals surface area contributed by atoms with E-state index in [0.29, 0.717) is 18.4 Å². The van der Waals surface area contributed by atoms with Gasteiger partial charge in [0.15, 0.2) is 17.6 Å². The molecule has 23 heteroatoms. The van der Waals surface area contributed by atoms with Gasteiger partial charge >= 0.3 is 19.8 Å². The van der Waals surface area contributed by atoms with Crippen LogP contribution in [0.15, 0.2) is 23.6 Å². The van der Waals surface area contributed by atoms with Crippen molar-refractivity contribution in [3.63, 3.8) is 0 Å². The fraction of sp³-hybridized carbons (Fsp3) is 0.653. The maximum absolute atomic E-state index is 14.4. The molecule has 2 aromatic rings. The normalized spacial score (nSPS) is 19.0. The van der Waals surface area contributed by atoms with Gasteiger partial charge in [-0.1, -0.05) is 53.5 Å². The van der Waals surface area contributed by atoms with Crippen LogP contribution in [0.5, 0.6) is 5.75 Å². The largest absolute Gasteiger partial charge is 0.524 e. The summed E-state index contributed by atoms with van der Waals surface area (Å²) in [6.07, 6.45) is 5.06. The Kier molecular flexibility index (Phi) is 22.9. The standard InChI is InChI=1S/C49H73N6O14PS2/c1-10-29(4)34(24-39(57)37-15-11-13-19-53(37)7)47(61)54(8)38(28(2)3)25-41(68-31(6)56)46-52-36(27-72-46)45(60)50-33(21-30(5)49(63)64)22-32-17-18-40(69-70(65,66)67)35(23-32)51-43(58)16-12-14-20-55-44(59)26-42(71-9)48(55)62/h17-18,23,27-30,33-34,37-38,41-42H,10-16,19-22,24-26H2,1-9H3,(H,50,60)(H,51,58)(H,63,64)(H2,65,66,67)/t29-,30?,33+,34-,37+,38+,41+,42?/m0/s1. The van der Waals surface area contributed by atoms with Crippen LogP contribution < -0.4 is 15.2 Å². The third-order valence-electron chi connectivity index (χ3n) is 13.6. The molecule has 3 heterocycles. The first-order valence-corrected chi connectivity index (χ1v) is 28.2. The highest BCUT2D eigenvalue weighted by Crippen LogP contribution is 2.42. The molecule has 2 aliphatic rings. The zero-order valence-electron chi connectivity index (χ0n) is 42.8. The number of unbranched alkanes of at least 4 members (excludes halogenated alkanes) is 1. The number of phosphoric acid groups is 1. The third-order valence-corrected chi connectivity index (χ3v) is 15.9. The first-order valence-electron chi connectivity index (χ1n) is 24.5.